The lowest BCUT2D eigenvalue weighted by Gasteiger charge is -2.26. The summed E-state index contributed by atoms with van der Waals surface area (Å²) < 4.78 is 24.5. The number of thiazole rings is 1. The van der Waals surface area contributed by atoms with Gasteiger partial charge in [0.1, 0.15) is 29.9 Å². The van der Waals surface area contributed by atoms with Gasteiger partial charge in [-0.2, -0.15) is 0 Å². The van der Waals surface area contributed by atoms with Gasteiger partial charge in [-0.05, 0) is 61.4 Å². The van der Waals surface area contributed by atoms with E-state index in [-0.39, 0.29) is 17.7 Å². The third-order valence-corrected chi connectivity index (χ3v) is 7.64. The summed E-state index contributed by atoms with van der Waals surface area (Å²) in [5.41, 5.74) is 2.92. The first kappa shape index (κ1) is 27.9. The molecule has 1 aromatic heterocycles. The molecule has 2 heterocycles. The summed E-state index contributed by atoms with van der Waals surface area (Å²) in [6, 6.07) is 21.9. The van der Waals surface area contributed by atoms with Crippen LogP contribution in [0, 0.1) is 0 Å². The predicted octanol–water partition coefficient (Wildman–Crippen LogP) is 4.39. The Morgan fingerprint density at radius 3 is 2.54 bits per heavy atom. The number of benzene rings is 3. The van der Waals surface area contributed by atoms with Crippen molar-refractivity contribution in [2.75, 3.05) is 20.8 Å². The van der Waals surface area contributed by atoms with Gasteiger partial charge in [0.2, 0.25) is 0 Å². The molecule has 0 N–H and O–H groups in total. The number of carbonyl (C=O) groups is 1. The molecule has 210 valence electrons. The highest BCUT2D eigenvalue weighted by molar-refractivity contribution is 7.07. The standard InChI is InChI=1S/C32H30N2O6S/c1-5-39-31(36)28-20(2)33-32-34(29(28)25-18-23(37-3)14-15-26(25)38-4)30(35)27(41-32)17-22-12-9-13-24(16-22)40-19-21-10-7-6-8-11-21/h6-18,29H,5,19H2,1-4H3/b27-17+/t29-/m0/s1. The Bertz CT molecular complexity index is 1790. The van der Waals surface area contributed by atoms with Crippen LogP contribution < -0.4 is 29.1 Å². The second kappa shape index (κ2) is 12.3. The molecular weight excluding hydrogens is 540 g/mol. The van der Waals surface area contributed by atoms with Crippen molar-refractivity contribution in [2.45, 2.75) is 26.5 Å². The SMILES string of the molecule is CCOC(=O)C1=C(C)N=c2s/c(=C/c3cccc(OCc4ccccc4)c3)c(=O)n2[C@H]1c1cc(OC)ccc1OC. The minimum absolute atomic E-state index is 0.185. The molecule has 1 atom stereocenters. The predicted molar refractivity (Wildman–Crippen MR) is 157 cm³/mol. The second-order valence-electron chi connectivity index (χ2n) is 9.26. The van der Waals surface area contributed by atoms with Crippen LogP contribution in [0.15, 0.2) is 93.9 Å². The zero-order valence-corrected chi connectivity index (χ0v) is 24.1. The topological polar surface area (TPSA) is 88.4 Å². The van der Waals surface area contributed by atoms with Gasteiger partial charge < -0.3 is 18.9 Å². The van der Waals surface area contributed by atoms with Crippen LogP contribution in [0.25, 0.3) is 6.08 Å². The third kappa shape index (κ3) is 5.81. The van der Waals surface area contributed by atoms with E-state index in [4.69, 9.17) is 18.9 Å². The Morgan fingerprint density at radius 1 is 1.00 bits per heavy atom. The lowest BCUT2D eigenvalue weighted by atomic mass is 9.94. The summed E-state index contributed by atoms with van der Waals surface area (Å²) in [6.07, 6.45) is 1.81. The Balaban J connectivity index is 1.61. The minimum Gasteiger partial charge on any atom is -0.497 e. The van der Waals surface area contributed by atoms with Gasteiger partial charge in [0.05, 0.1) is 36.6 Å². The summed E-state index contributed by atoms with van der Waals surface area (Å²) in [4.78, 5) is 32.3. The van der Waals surface area contributed by atoms with Gasteiger partial charge in [0.15, 0.2) is 4.80 Å². The summed E-state index contributed by atoms with van der Waals surface area (Å²) in [6.45, 7) is 4.10. The van der Waals surface area contributed by atoms with Gasteiger partial charge >= 0.3 is 5.97 Å². The molecule has 0 saturated carbocycles. The van der Waals surface area contributed by atoms with E-state index >= 15 is 0 Å². The number of hydrogen-bond donors (Lipinski definition) is 0. The van der Waals surface area contributed by atoms with Crippen molar-refractivity contribution in [1.29, 1.82) is 0 Å². The first-order valence-corrected chi connectivity index (χ1v) is 13.9. The molecule has 4 aromatic rings. The van der Waals surface area contributed by atoms with Crippen LogP contribution in [-0.2, 0) is 16.1 Å². The van der Waals surface area contributed by atoms with Crippen molar-refractivity contribution < 1.29 is 23.7 Å². The highest BCUT2D eigenvalue weighted by Gasteiger charge is 2.35. The molecule has 5 rings (SSSR count). The van der Waals surface area contributed by atoms with E-state index in [1.807, 2.05) is 60.7 Å². The van der Waals surface area contributed by atoms with Crippen LogP contribution in [0.5, 0.6) is 17.2 Å². The maximum absolute atomic E-state index is 14.0. The maximum Gasteiger partial charge on any atom is 0.338 e. The van der Waals surface area contributed by atoms with Crippen LogP contribution in [0.4, 0.5) is 0 Å². The molecular formula is C32H30N2O6S. The van der Waals surface area contributed by atoms with Crippen LogP contribution >= 0.6 is 11.3 Å². The number of allylic oxidation sites excluding steroid dienone is 1. The molecule has 3 aromatic carbocycles. The molecule has 0 saturated heterocycles. The van der Waals surface area contributed by atoms with Gasteiger partial charge in [-0.3, -0.25) is 9.36 Å². The lowest BCUT2D eigenvalue weighted by molar-refractivity contribution is -0.139. The number of nitrogens with zero attached hydrogens (tertiary/aromatic N) is 2. The second-order valence-corrected chi connectivity index (χ2v) is 10.3. The van der Waals surface area contributed by atoms with E-state index in [1.54, 1.807) is 46.3 Å². The molecule has 0 aliphatic carbocycles. The van der Waals surface area contributed by atoms with E-state index in [9.17, 15) is 9.59 Å². The third-order valence-electron chi connectivity index (χ3n) is 6.65. The van der Waals surface area contributed by atoms with E-state index < -0.39 is 12.0 Å². The molecule has 0 radical (unpaired) electrons. The number of hydrogen-bond acceptors (Lipinski definition) is 8. The quantitative estimate of drug-likeness (QED) is 0.277. The molecule has 41 heavy (non-hydrogen) atoms. The fraction of sp³-hybridized carbons (Fsp3) is 0.219. The van der Waals surface area contributed by atoms with Crippen molar-refractivity contribution >= 4 is 23.4 Å². The smallest absolute Gasteiger partial charge is 0.338 e. The van der Waals surface area contributed by atoms with E-state index in [2.05, 4.69) is 4.99 Å². The molecule has 1 aliphatic rings. The summed E-state index contributed by atoms with van der Waals surface area (Å²) in [7, 11) is 3.10. The zero-order valence-electron chi connectivity index (χ0n) is 23.2. The zero-order chi connectivity index (χ0) is 28.9. The minimum atomic E-state index is -0.821. The molecule has 0 fully saturated rings. The van der Waals surface area contributed by atoms with Crippen molar-refractivity contribution in [3.8, 4) is 17.2 Å². The summed E-state index contributed by atoms with van der Waals surface area (Å²) in [5.74, 6) is 1.22. The number of ether oxygens (including phenoxy) is 4. The monoisotopic (exact) mass is 570 g/mol. The first-order chi connectivity index (χ1) is 19.9. The van der Waals surface area contributed by atoms with Crippen molar-refractivity contribution in [3.05, 3.63) is 120 Å². The average Bonchev–Trinajstić information content (AvgIpc) is 3.29. The van der Waals surface area contributed by atoms with Gasteiger partial charge in [-0.25, -0.2) is 9.79 Å². The van der Waals surface area contributed by atoms with Crippen LogP contribution in [0.2, 0.25) is 0 Å². The molecule has 0 spiro atoms. The largest absolute Gasteiger partial charge is 0.497 e. The van der Waals surface area contributed by atoms with Crippen LogP contribution in [0.1, 0.15) is 36.6 Å². The molecule has 8 nitrogen and oxygen atoms in total. The van der Waals surface area contributed by atoms with Crippen molar-refractivity contribution in [1.82, 2.24) is 4.57 Å². The Hall–Kier alpha value is -4.63. The maximum atomic E-state index is 14.0. The first-order valence-electron chi connectivity index (χ1n) is 13.1. The molecule has 1 aliphatic heterocycles. The van der Waals surface area contributed by atoms with Crippen LogP contribution in [0.3, 0.4) is 0 Å². The lowest BCUT2D eigenvalue weighted by Crippen LogP contribution is -2.40. The Kier molecular flexibility index (Phi) is 8.35. The van der Waals surface area contributed by atoms with Gasteiger partial charge in [0.25, 0.3) is 5.56 Å². The van der Waals surface area contributed by atoms with Gasteiger partial charge in [-0.1, -0.05) is 53.8 Å². The number of fused-ring (bicyclic) bond motifs is 1. The number of rotatable bonds is 9. The van der Waals surface area contributed by atoms with E-state index in [0.717, 1.165) is 11.1 Å². The number of esters is 1. The Labute approximate surface area is 241 Å². The van der Waals surface area contributed by atoms with E-state index in [0.29, 0.717) is 44.4 Å². The van der Waals surface area contributed by atoms with Crippen molar-refractivity contribution in [2.24, 2.45) is 4.99 Å². The number of methoxy groups -OCH3 is 2. The Morgan fingerprint density at radius 2 is 1.80 bits per heavy atom. The number of carbonyl (C=O) groups excluding carboxylic acids is 1. The fourth-order valence-corrected chi connectivity index (χ4v) is 5.77. The summed E-state index contributed by atoms with van der Waals surface area (Å²) >= 11 is 1.25. The van der Waals surface area contributed by atoms with Gasteiger partial charge in [0, 0.05) is 5.56 Å². The van der Waals surface area contributed by atoms with Crippen LogP contribution in [-0.4, -0.2) is 31.4 Å². The van der Waals surface area contributed by atoms with E-state index in [1.165, 1.54) is 15.9 Å². The fourth-order valence-electron chi connectivity index (χ4n) is 4.73. The van der Waals surface area contributed by atoms with Gasteiger partial charge in [-0.15, -0.1) is 0 Å². The average molecular weight is 571 g/mol. The normalized spacial score (nSPS) is 14.7. The highest BCUT2D eigenvalue weighted by Crippen LogP contribution is 2.37. The summed E-state index contributed by atoms with van der Waals surface area (Å²) in [5, 5.41) is 0. The van der Waals surface area contributed by atoms with Crippen molar-refractivity contribution in [3.63, 3.8) is 0 Å². The molecule has 0 amide bonds. The molecule has 0 unspecified atom stereocenters. The highest BCUT2D eigenvalue weighted by atomic mass is 32.1. The molecule has 9 heteroatoms. The molecule has 0 bridgehead atoms. The number of aromatic nitrogens is 1.